The zero-order chi connectivity index (χ0) is 14.0. The molecule has 0 saturated heterocycles. The summed E-state index contributed by atoms with van der Waals surface area (Å²) in [6.07, 6.45) is -0.894. The first-order valence-corrected chi connectivity index (χ1v) is 6.32. The number of carboxylic acids is 1. The maximum absolute atomic E-state index is 11.3. The molecule has 104 valence electrons. The van der Waals surface area contributed by atoms with Crippen molar-refractivity contribution >= 4 is 5.97 Å². The van der Waals surface area contributed by atoms with Crippen LogP contribution in [0.15, 0.2) is 24.3 Å². The molecule has 2 unspecified atom stereocenters. The summed E-state index contributed by atoms with van der Waals surface area (Å²) in [7, 11) is 0. The molecule has 1 aliphatic rings. The van der Waals surface area contributed by atoms with E-state index in [4.69, 9.17) is 5.11 Å². The van der Waals surface area contributed by atoms with Crippen molar-refractivity contribution in [2.75, 3.05) is 6.61 Å². The Balaban J connectivity index is 2.23. The van der Waals surface area contributed by atoms with E-state index in [1.807, 2.05) is 0 Å². The monoisotopic (exact) mass is 266 g/mol. The summed E-state index contributed by atoms with van der Waals surface area (Å²) >= 11 is 0. The molecule has 2 rings (SSSR count). The first kappa shape index (κ1) is 14.0. The number of carbonyl (C=O) groups is 1. The molecule has 19 heavy (non-hydrogen) atoms. The van der Waals surface area contributed by atoms with Gasteiger partial charge in [0.25, 0.3) is 0 Å². The molecule has 1 aromatic carbocycles. The highest BCUT2D eigenvalue weighted by Gasteiger charge is 2.51. The van der Waals surface area contributed by atoms with Crippen LogP contribution in [0.3, 0.4) is 0 Å². The number of aliphatic hydroxyl groups is 3. The van der Waals surface area contributed by atoms with Gasteiger partial charge in [0.2, 0.25) is 0 Å². The van der Waals surface area contributed by atoms with Crippen LogP contribution in [0.4, 0.5) is 0 Å². The van der Waals surface area contributed by atoms with Gasteiger partial charge in [-0.1, -0.05) is 24.3 Å². The number of aliphatic carboxylic acids is 1. The van der Waals surface area contributed by atoms with Crippen LogP contribution < -0.4 is 0 Å². The highest BCUT2D eigenvalue weighted by molar-refractivity contribution is 5.84. The third-order valence-electron chi connectivity index (χ3n) is 3.73. The lowest BCUT2D eigenvalue weighted by atomic mass is 9.92. The van der Waals surface area contributed by atoms with Crippen molar-refractivity contribution in [3.05, 3.63) is 35.4 Å². The van der Waals surface area contributed by atoms with E-state index in [1.165, 1.54) is 0 Å². The SMILES string of the molecule is O=C(O)C1(c2cccc(C(O)C(O)CCO)c2)CC1. The van der Waals surface area contributed by atoms with Crippen LogP contribution in [-0.2, 0) is 10.2 Å². The molecule has 1 aromatic rings. The first-order valence-electron chi connectivity index (χ1n) is 6.32. The number of benzene rings is 1. The van der Waals surface area contributed by atoms with E-state index in [0.29, 0.717) is 24.0 Å². The summed E-state index contributed by atoms with van der Waals surface area (Å²) < 4.78 is 0. The molecule has 1 aliphatic carbocycles. The molecule has 0 radical (unpaired) electrons. The maximum Gasteiger partial charge on any atom is 0.314 e. The largest absolute Gasteiger partial charge is 0.481 e. The van der Waals surface area contributed by atoms with Crippen molar-refractivity contribution in [3.8, 4) is 0 Å². The third-order valence-corrected chi connectivity index (χ3v) is 3.73. The molecule has 0 spiro atoms. The zero-order valence-electron chi connectivity index (χ0n) is 10.5. The minimum Gasteiger partial charge on any atom is -0.481 e. The van der Waals surface area contributed by atoms with Crippen molar-refractivity contribution in [1.82, 2.24) is 0 Å². The average molecular weight is 266 g/mol. The summed E-state index contributed by atoms with van der Waals surface area (Å²) in [5.41, 5.74) is 0.316. The minimum atomic E-state index is -1.11. The second-order valence-electron chi connectivity index (χ2n) is 5.04. The summed E-state index contributed by atoms with van der Waals surface area (Å²) in [6.45, 7) is -0.211. The zero-order valence-corrected chi connectivity index (χ0v) is 10.5. The van der Waals surface area contributed by atoms with Crippen LogP contribution in [0.5, 0.6) is 0 Å². The lowest BCUT2D eigenvalue weighted by Gasteiger charge is -2.19. The quantitative estimate of drug-likeness (QED) is 0.604. The second kappa shape index (κ2) is 5.28. The van der Waals surface area contributed by atoms with Gasteiger partial charge in [0.05, 0.1) is 11.5 Å². The van der Waals surface area contributed by atoms with Crippen molar-refractivity contribution in [1.29, 1.82) is 0 Å². The highest BCUT2D eigenvalue weighted by Crippen LogP contribution is 2.48. The van der Waals surface area contributed by atoms with Crippen molar-refractivity contribution in [2.45, 2.75) is 36.9 Å². The lowest BCUT2D eigenvalue weighted by Crippen LogP contribution is -2.22. The Labute approximate surface area is 111 Å². The highest BCUT2D eigenvalue weighted by atomic mass is 16.4. The van der Waals surface area contributed by atoms with Gasteiger partial charge in [-0.2, -0.15) is 0 Å². The van der Waals surface area contributed by atoms with Crippen LogP contribution in [0, 0.1) is 0 Å². The average Bonchev–Trinajstić information content (AvgIpc) is 3.20. The molecular formula is C14H18O5. The minimum absolute atomic E-state index is 0.0788. The smallest absolute Gasteiger partial charge is 0.314 e. The topological polar surface area (TPSA) is 98.0 Å². The maximum atomic E-state index is 11.3. The molecule has 0 aliphatic heterocycles. The van der Waals surface area contributed by atoms with Crippen LogP contribution in [0.1, 0.15) is 36.5 Å². The Morgan fingerprint density at radius 1 is 1.32 bits per heavy atom. The third kappa shape index (κ3) is 2.63. The van der Waals surface area contributed by atoms with Crippen LogP contribution >= 0.6 is 0 Å². The van der Waals surface area contributed by atoms with E-state index >= 15 is 0 Å². The van der Waals surface area contributed by atoms with Gasteiger partial charge >= 0.3 is 5.97 Å². The summed E-state index contributed by atoms with van der Waals surface area (Å²) in [4.78, 5) is 11.3. The lowest BCUT2D eigenvalue weighted by molar-refractivity contribution is -0.140. The fraction of sp³-hybridized carbons (Fsp3) is 0.500. The Hall–Kier alpha value is -1.43. The normalized spacial score (nSPS) is 19.7. The van der Waals surface area contributed by atoms with E-state index in [1.54, 1.807) is 24.3 Å². The number of hydrogen-bond donors (Lipinski definition) is 4. The summed E-state index contributed by atoms with van der Waals surface area (Å²) in [5, 5.41) is 37.6. The molecule has 0 amide bonds. The molecule has 0 aromatic heterocycles. The first-order chi connectivity index (χ1) is 9.01. The summed E-state index contributed by atoms with van der Waals surface area (Å²) in [6, 6.07) is 6.69. The number of rotatable bonds is 6. The molecule has 1 saturated carbocycles. The van der Waals surface area contributed by atoms with Gasteiger partial charge in [-0.05, 0) is 30.4 Å². The van der Waals surface area contributed by atoms with Crippen LogP contribution in [0.2, 0.25) is 0 Å². The second-order valence-corrected chi connectivity index (χ2v) is 5.04. The standard InChI is InChI=1S/C14H18O5/c15-7-4-11(16)12(17)9-2-1-3-10(8-9)14(5-6-14)13(18)19/h1-3,8,11-12,15-17H,4-7H2,(H,18,19). The number of carboxylic acid groups (broad SMARTS) is 1. The Morgan fingerprint density at radius 2 is 2.00 bits per heavy atom. The van der Waals surface area contributed by atoms with Gasteiger partial charge < -0.3 is 20.4 Å². The fourth-order valence-electron chi connectivity index (χ4n) is 2.28. The van der Waals surface area contributed by atoms with Gasteiger partial charge in [-0.3, -0.25) is 4.79 Å². The van der Waals surface area contributed by atoms with Crippen LogP contribution in [0.25, 0.3) is 0 Å². The molecule has 5 nitrogen and oxygen atoms in total. The van der Waals surface area contributed by atoms with E-state index in [-0.39, 0.29) is 13.0 Å². The van der Waals surface area contributed by atoms with E-state index < -0.39 is 23.6 Å². The number of hydrogen-bond acceptors (Lipinski definition) is 4. The Morgan fingerprint density at radius 3 is 2.53 bits per heavy atom. The van der Waals surface area contributed by atoms with Gasteiger partial charge in [-0.25, -0.2) is 0 Å². The van der Waals surface area contributed by atoms with Gasteiger partial charge in [-0.15, -0.1) is 0 Å². The van der Waals surface area contributed by atoms with Crippen molar-refractivity contribution in [2.24, 2.45) is 0 Å². The predicted molar refractivity (Wildman–Crippen MR) is 67.7 cm³/mol. The Kier molecular flexibility index (Phi) is 3.89. The predicted octanol–water partition coefficient (Wildman–Crippen LogP) is 0.580. The van der Waals surface area contributed by atoms with Crippen LogP contribution in [-0.4, -0.2) is 39.1 Å². The molecule has 1 fully saturated rings. The van der Waals surface area contributed by atoms with E-state index in [2.05, 4.69) is 0 Å². The molecule has 2 atom stereocenters. The Bertz CT molecular complexity index is 467. The fourth-order valence-corrected chi connectivity index (χ4v) is 2.28. The van der Waals surface area contributed by atoms with E-state index in [9.17, 15) is 20.1 Å². The molecule has 0 bridgehead atoms. The molecular weight excluding hydrogens is 248 g/mol. The molecule has 4 N–H and O–H groups in total. The van der Waals surface area contributed by atoms with Crippen molar-refractivity contribution in [3.63, 3.8) is 0 Å². The van der Waals surface area contributed by atoms with Gasteiger partial charge in [0, 0.05) is 6.61 Å². The van der Waals surface area contributed by atoms with E-state index in [0.717, 1.165) is 0 Å². The molecule has 0 heterocycles. The van der Waals surface area contributed by atoms with Gasteiger partial charge in [0.1, 0.15) is 6.10 Å². The van der Waals surface area contributed by atoms with Crippen molar-refractivity contribution < 1.29 is 25.2 Å². The number of aliphatic hydroxyl groups excluding tert-OH is 3. The molecule has 5 heteroatoms. The van der Waals surface area contributed by atoms with Gasteiger partial charge in [0.15, 0.2) is 0 Å². The summed E-state index contributed by atoms with van der Waals surface area (Å²) in [5.74, 6) is -0.852.